The van der Waals surface area contributed by atoms with Crippen LogP contribution in [0.15, 0.2) is 6.07 Å². The van der Waals surface area contributed by atoms with Gasteiger partial charge in [0.15, 0.2) is 0 Å². The van der Waals surface area contributed by atoms with Gasteiger partial charge in [0.1, 0.15) is 17.5 Å². The van der Waals surface area contributed by atoms with Gasteiger partial charge in [-0.3, -0.25) is 0 Å². The van der Waals surface area contributed by atoms with Crippen molar-refractivity contribution in [1.29, 1.82) is 5.26 Å². The van der Waals surface area contributed by atoms with Crippen LogP contribution in [0.3, 0.4) is 0 Å². The number of aryl methyl sites for hydroxylation is 2. The third-order valence-electron chi connectivity index (χ3n) is 4.97. The predicted octanol–water partition coefficient (Wildman–Crippen LogP) is 1.79. The minimum absolute atomic E-state index is 0.474. The van der Waals surface area contributed by atoms with Gasteiger partial charge in [-0.25, -0.2) is 4.98 Å². The van der Waals surface area contributed by atoms with E-state index in [1.807, 2.05) is 6.07 Å². The lowest BCUT2D eigenvalue weighted by molar-refractivity contribution is -0.00978. The molecule has 20 heavy (non-hydrogen) atoms. The predicted molar refractivity (Wildman–Crippen MR) is 75.5 cm³/mol. The van der Waals surface area contributed by atoms with Crippen LogP contribution in [0.1, 0.15) is 42.5 Å². The molecule has 2 aliphatic carbocycles. The fourth-order valence-corrected chi connectivity index (χ4v) is 3.59. The Morgan fingerprint density at radius 1 is 1.30 bits per heavy atom. The number of aromatic nitrogens is 1. The van der Waals surface area contributed by atoms with Crippen LogP contribution in [0.4, 0.5) is 5.82 Å². The number of rotatable bonds is 2. The van der Waals surface area contributed by atoms with E-state index in [4.69, 9.17) is 4.98 Å². The highest BCUT2D eigenvalue weighted by Crippen LogP contribution is 2.46. The van der Waals surface area contributed by atoms with Gasteiger partial charge in [0.25, 0.3) is 0 Å². The lowest BCUT2D eigenvalue weighted by Crippen LogP contribution is -2.63. The van der Waals surface area contributed by atoms with E-state index in [-0.39, 0.29) is 0 Å². The highest BCUT2D eigenvalue weighted by Gasteiger charge is 2.52. The van der Waals surface area contributed by atoms with Crippen LogP contribution in [-0.2, 0) is 12.8 Å². The molecule has 1 aromatic rings. The number of hydrogen-bond donors (Lipinski definition) is 1. The Balaban J connectivity index is 1.63. The molecule has 1 saturated carbocycles. The average Bonchev–Trinajstić information content (AvgIpc) is 3.27. The second kappa shape index (κ2) is 4.20. The number of hydrogen-bond acceptors (Lipinski definition) is 4. The number of fused-ring (bicyclic) bond motifs is 1. The smallest absolute Gasteiger partial charge is 0.147 e. The van der Waals surface area contributed by atoms with Crippen molar-refractivity contribution in [2.24, 2.45) is 5.92 Å². The molecule has 4 rings (SSSR count). The summed E-state index contributed by atoms with van der Waals surface area (Å²) in [6, 6.07) is 4.30. The minimum Gasteiger partial charge on any atom is -0.386 e. The molecular weight excluding hydrogens is 250 g/mol. The molecule has 2 heterocycles. The number of pyridine rings is 1. The van der Waals surface area contributed by atoms with Crippen molar-refractivity contribution in [2.75, 3.05) is 18.0 Å². The van der Waals surface area contributed by atoms with Crippen molar-refractivity contribution in [1.82, 2.24) is 4.98 Å². The van der Waals surface area contributed by atoms with Crippen LogP contribution in [0, 0.1) is 17.2 Å². The molecule has 3 aliphatic rings. The van der Waals surface area contributed by atoms with Gasteiger partial charge < -0.3 is 10.0 Å². The first-order valence-electron chi connectivity index (χ1n) is 7.60. The zero-order valence-electron chi connectivity index (χ0n) is 11.6. The van der Waals surface area contributed by atoms with Crippen molar-refractivity contribution in [3.8, 4) is 6.07 Å². The van der Waals surface area contributed by atoms with Crippen molar-refractivity contribution in [3.63, 3.8) is 0 Å². The van der Waals surface area contributed by atoms with Crippen LogP contribution < -0.4 is 4.90 Å². The molecule has 0 unspecified atom stereocenters. The first kappa shape index (κ1) is 12.2. The largest absolute Gasteiger partial charge is 0.386 e. The SMILES string of the molecule is N#Cc1cc2c(nc1N1CC(O)(C3CC3)C1)CCCC2. The summed E-state index contributed by atoms with van der Waals surface area (Å²) < 4.78 is 0. The van der Waals surface area contributed by atoms with Gasteiger partial charge in [0, 0.05) is 5.69 Å². The fraction of sp³-hybridized carbons (Fsp3) is 0.625. The van der Waals surface area contributed by atoms with E-state index in [0.29, 0.717) is 24.6 Å². The molecule has 0 atom stereocenters. The third kappa shape index (κ3) is 1.81. The number of anilines is 1. The molecule has 2 fully saturated rings. The standard InChI is InChI=1S/C16H19N3O/c17-8-12-7-11-3-1-2-4-14(11)18-15(12)19-9-16(20,10-19)13-5-6-13/h7,13,20H,1-6,9-10H2. The maximum absolute atomic E-state index is 10.4. The summed E-state index contributed by atoms with van der Waals surface area (Å²) in [5.41, 5.74) is 2.55. The number of aliphatic hydroxyl groups is 1. The topological polar surface area (TPSA) is 60.2 Å². The molecule has 0 radical (unpaired) electrons. The van der Waals surface area contributed by atoms with Crippen molar-refractivity contribution >= 4 is 5.82 Å². The Morgan fingerprint density at radius 3 is 2.75 bits per heavy atom. The third-order valence-corrected chi connectivity index (χ3v) is 4.97. The van der Waals surface area contributed by atoms with E-state index in [1.165, 1.54) is 18.4 Å². The Bertz CT molecular complexity index is 594. The van der Waals surface area contributed by atoms with E-state index in [9.17, 15) is 10.4 Å². The van der Waals surface area contributed by atoms with Gasteiger partial charge in [-0.15, -0.1) is 0 Å². The van der Waals surface area contributed by atoms with Gasteiger partial charge in [-0.05, 0) is 56.1 Å². The highest BCUT2D eigenvalue weighted by atomic mass is 16.3. The summed E-state index contributed by atoms with van der Waals surface area (Å²) in [7, 11) is 0. The number of nitrogens with zero attached hydrogens (tertiary/aromatic N) is 3. The number of nitriles is 1. The van der Waals surface area contributed by atoms with E-state index in [0.717, 1.165) is 37.2 Å². The molecule has 104 valence electrons. The van der Waals surface area contributed by atoms with Crippen LogP contribution >= 0.6 is 0 Å². The molecule has 0 bridgehead atoms. The highest BCUT2D eigenvalue weighted by molar-refractivity contribution is 5.59. The van der Waals surface area contributed by atoms with E-state index in [1.54, 1.807) is 0 Å². The first-order valence-corrected chi connectivity index (χ1v) is 7.60. The van der Waals surface area contributed by atoms with Crippen LogP contribution in [0.25, 0.3) is 0 Å². The fourth-order valence-electron chi connectivity index (χ4n) is 3.59. The van der Waals surface area contributed by atoms with E-state index >= 15 is 0 Å². The summed E-state index contributed by atoms with van der Waals surface area (Å²) in [6.07, 6.45) is 6.75. The van der Waals surface area contributed by atoms with Crippen molar-refractivity contribution in [2.45, 2.75) is 44.1 Å². The lowest BCUT2D eigenvalue weighted by atomic mass is 9.88. The summed E-state index contributed by atoms with van der Waals surface area (Å²) in [5, 5.41) is 19.8. The number of β-amino-alcohol motifs (C(OH)–C–C–N with tert-alkyl or cyclic N) is 1. The Hall–Kier alpha value is -1.60. The van der Waals surface area contributed by atoms with E-state index in [2.05, 4.69) is 11.0 Å². The monoisotopic (exact) mass is 269 g/mol. The normalized spacial score (nSPS) is 23.7. The molecule has 1 aliphatic heterocycles. The van der Waals surface area contributed by atoms with Crippen LogP contribution in [0.2, 0.25) is 0 Å². The second-order valence-electron chi connectivity index (χ2n) is 6.52. The molecular formula is C16H19N3O. The average molecular weight is 269 g/mol. The van der Waals surface area contributed by atoms with Gasteiger partial charge in [0.05, 0.1) is 18.7 Å². The Kier molecular flexibility index (Phi) is 2.55. The van der Waals surface area contributed by atoms with Crippen molar-refractivity contribution < 1.29 is 5.11 Å². The summed E-state index contributed by atoms with van der Waals surface area (Å²) in [6.45, 7) is 1.27. The molecule has 1 N–H and O–H groups in total. The Labute approximate surface area is 119 Å². The summed E-state index contributed by atoms with van der Waals surface area (Å²) in [5.74, 6) is 1.26. The molecule has 1 aromatic heterocycles. The van der Waals surface area contributed by atoms with Gasteiger partial charge in [-0.2, -0.15) is 5.26 Å². The molecule has 0 spiro atoms. The first-order chi connectivity index (χ1) is 9.69. The lowest BCUT2D eigenvalue weighted by Gasteiger charge is -2.48. The van der Waals surface area contributed by atoms with Crippen LogP contribution in [0.5, 0.6) is 0 Å². The van der Waals surface area contributed by atoms with E-state index < -0.39 is 5.60 Å². The molecule has 0 aromatic carbocycles. The quantitative estimate of drug-likeness (QED) is 0.889. The maximum atomic E-state index is 10.4. The zero-order valence-corrected chi connectivity index (χ0v) is 11.6. The Morgan fingerprint density at radius 2 is 2.05 bits per heavy atom. The van der Waals surface area contributed by atoms with Crippen molar-refractivity contribution in [3.05, 3.63) is 22.9 Å². The second-order valence-corrected chi connectivity index (χ2v) is 6.52. The molecule has 4 nitrogen and oxygen atoms in total. The summed E-state index contributed by atoms with van der Waals surface area (Å²) >= 11 is 0. The van der Waals surface area contributed by atoms with Crippen LogP contribution in [-0.4, -0.2) is 28.8 Å². The molecule has 1 saturated heterocycles. The van der Waals surface area contributed by atoms with Gasteiger partial charge in [-0.1, -0.05) is 0 Å². The maximum Gasteiger partial charge on any atom is 0.147 e. The van der Waals surface area contributed by atoms with Gasteiger partial charge in [0.2, 0.25) is 0 Å². The minimum atomic E-state index is -0.524. The summed E-state index contributed by atoms with van der Waals surface area (Å²) in [4.78, 5) is 6.82. The zero-order chi connectivity index (χ0) is 13.7. The van der Waals surface area contributed by atoms with Gasteiger partial charge >= 0.3 is 0 Å². The molecule has 0 amide bonds. The molecule has 4 heteroatoms.